The Balaban J connectivity index is 1.80. The molecule has 7 heteroatoms. The smallest absolute Gasteiger partial charge is 0.350 e. The Morgan fingerprint density at radius 1 is 1.26 bits per heavy atom. The van der Waals surface area contributed by atoms with Crippen LogP contribution in [-0.2, 0) is 4.74 Å². The Bertz CT molecular complexity index is 1020. The van der Waals surface area contributed by atoms with Crippen molar-refractivity contribution in [1.29, 1.82) is 0 Å². The van der Waals surface area contributed by atoms with Gasteiger partial charge in [-0.25, -0.2) is 9.78 Å². The van der Waals surface area contributed by atoms with Crippen LogP contribution in [0.2, 0.25) is 0 Å². The predicted molar refractivity (Wildman–Crippen MR) is 106 cm³/mol. The Morgan fingerprint density at radius 3 is 2.70 bits per heavy atom. The van der Waals surface area contributed by atoms with E-state index in [0.29, 0.717) is 27.9 Å². The summed E-state index contributed by atoms with van der Waals surface area (Å²) in [5.41, 5.74) is 3.06. The monoisotopic (exact) mass is 386 g/mol. The molecule has 1 aromatic carbocycles. The number of nitrogens with one attached hydrogen (secondary N) is 1. The third kappa shape index (κ3) is 4.03. The molecule has 0 saturated heterocycles. The van der Waals surface area contributed by atoms with Gasteiger partial charge in [0.1, 0.15) is 10.5 Å². The number of amides is 1. The van der Waals surface area contributed by atoms with Crippen molar-refractivity contribution in [1.82, 2.24) is 4.98 Å². The lowest BCUT2D eigenvalue weighted by molar-refractivity contribution is 0.0463. The second kappa shape index (κ2) is 7.52. The normalized spacial score (nSPS) is 11.2. The molecule has 6 nitrogen and oxygen atoms in total. The van der Waals surface area contributed by atoms with Gasteiger partial charge in [-0.15, -0.1) is 0 Å². The number of esters is 1. The molecular formula is C20H22N2O4S. The van der Waals surface area contributed by atoms with Crippen LogP contribution in [0.4, 0.5) is 5.13 Å². The van der Waals surface area contributed by atoms with Gasteiger partial charge in [-0.05, 0) is 38.8 Å². The highest BCUT2D eigenvalue weighted by Crippen LogP contribution is 2.28. The molecule has 0 atom stereocenters. The maximum Gasteiger partial charge on any atom is 0.350 e. The van der Waals surface area contributed by atoms with Crippen LogP contribution in [0, 0.1) is 26.7 Å². The van der Waals surface area contributed by atoms with Gasteiger partial charge < -0.3 is 9.15 Å². The van der Waals surface area contributed by atoms with Crippen molar-refractivity contribution in [3.8, 4) is 0 Å². The lowest BCUT2D eigenvalue weighted by Crippen LogP contribution is -2.11. The number of hydrogen-bond acceptors (Lipinski definition) is 6. The van der Waals surface area contributed by atoms with E-state index >= 15 is 0 Å². The number of hydrogen-bond donors (Lipinski definition) is 1. The van der Waals surface area contributed by atoms with Crippen molar-refractivity contribution in [3.63, 3.8) is 0 Å². The van der Waals surface area contributed by atoms with Gasteiger partial charge in [-0.2, -0.15) is 0 Å². The first-order valence-electron chi connectivity index (χ1n) is 8.72. The summed E-state index contributed by atoms with van der Waals surface area (Å²) in [7, 11) is 0. The number of aromatic nitrogens is 1. The van der Waals surface area contributed by atoms with Crippen molar-refractivity contribution >= 4 is 39.3 Å². The molecule has 1 amide bonds. The Kier molecular flexibility index (Phi) is 5.32. The second-order valence-electron chi connectivity index (χ2n) is 6.94. The standard InChI is InChI=1S/C20H22N2O4S/c1-10(2)9-25-19(24)17-13(5)21-20(27-17)22-18(23)16-12(4)14-8-11(3)6-7-15(14)26-16/h6-8,10H,9H2,1-5H3,(H,21,22,23). The molecule has 2 heterocycles. The maximum absolute atomic E-state index is 12.6. The molecule has 0 aliphatic heterocycles. The van der Waals surface area contributed by atoms with Gasteiger partial charge in [-0.1, -0.05) is 36.8 Å². The van der Waals surface area contributed by atoms with Crippen LogP contribution in [0.15, 0.2) is 22.6 Å². The lowest BCUT2D eigenvalue weighted by Gasteiger charge is -2.05. The highest BCUT2D eigenvalue weighted by atomic mass is 32.1. The number of rotatable bonds is 5. The van der Waals surface area contributed by atoms with Crippen molar-refractivity contribution in [2.75, 3.05) is 11.9 Å². The third-order valence-corrected chi connectivity index (χ3v) is 5.10. The van der Waals surface area contributed by atoms with Crippen LogP contribution >= 0.6 is 11.3 Å². The number of carbonyl (C=O) groups is 2. The minimum Gasteiger partial charge on any atom is -0.461 e. The third-order valence-electron chi connectivity index (χ3n) is 4.05. The fraction of sp³-hybridized carbons (Fsp3) is 0.350. The first kappa shape index (κ1) is 19.1. The zero-order valence-electron chi connectivity index (χ0n) is 16.0. The van der Waals surface area contributed by atoms with E-state index in [-0.39, 0.29) is 11.7 Å². The second-order valence-corrected chi connectivity index (χ2v) is 7.93. The number of ether oxygens (including phenoxy) is 1. The number of furan rings is 1. The van der Waals surface area contributed by atoms with Crippen molar-refractivity contribution < 1.29 is 18.7 Å². The van der Waals surface area contributed by atoms with E-state index in [1.165, 1.54) is 0 Å². The summed E-state index contributed by atoms with van der Waals surface area (Å²) in [6, 6.07) is 5.78. The zero-order chi connectivity index (χ0) is 19.7. The van der Waals surface area contributed by atoms with E-state index in [0.717, 1.165) is 27.8 Å². The van der Waals surface area contributed by atoms with Gasteiger partial charge in [0.25, 0.3) is 5.91 Å². The summed E-state index contributed by atoms with van der Waals surface area (Å²) >= 11 is 1.10. The molecule has 0 aliphatic carbocycles. The van der Waals surface area contributed by atoms with Crippen molar-refractivity contribution in [3.05, 3.63) is 45.7 Å². The quantitative estimate of drug-likeness (QED) is 0.632. The molecule has 0 aliphatic rings. The van der Waals surface area contributed by atoms with Crippen LogP contribution in [0.1, 0.15) is 50.9 Å². The molecule has 0 radical (unpaired) electrons. The SMILES string of the molecule is Cc1ccc2oc(C(=O)Nc3nc(C)c(C(=O)OCC(C)C)s3)c(C)c2c1. The van der Waals surface area contributed by atoms with Gasteiger partial charge in [0, 0.05) is 10.9 Å². The van der Waals surface area contributed by atoms with Gasteiger partial charge >= 0.3 is 5.97 Å². The van der Waals surface area contributed by atoms with Gasteiger partial charge in [-0.3, -0.25) is 10.1 Å². The van der Waals surface area contributed by atoms with E-state index in [1.54, 1.807) is 6.92 Å². The molecule has 2 aromatic heterocycles. The number of nitrogens with zero attached hydrogens (tertiary/aromatic N) is 1. The molecule has 0 saturated carbocycles. The van der Waals surface area contributed by atoms with Crippen LogP contribution in [0.3, 0.4) is 0 Å². The average molecular weight is 386 g/mol. The number of aryl methyl sites for hydroxylation is 3. The number of benzene rings is 1. The van der Waals surface area contributed by atoms with Gasteiger partial charge in [0.2, 0.25) is 0 Å². The Hall–Kier alpha value is -2.67. The van der Waals surface area contributed by atoms with E-state index in [9.17, 15) is 9.59 Å². The highest BCUT2D eigenvalue weighted by Gasteiger charge is 2.22. The molecular weight excluding hydrogens is 364 g/mol. The van der Waals surface area contributed by atoms with E-state index in [2.05, 4.69) is 10.3 Å². The highest BCUT2D eigenvalue weighted by molar-refractivity contribution is 7.17. The number of carbonyl (C=O) groups excluding carboxylic acids is 2. The van der Waals surface area contributed by atoms with E-state index < -0.39 is 11.9 Å². The average Bonchev–Trinajstić information content (AvgIpc) is 3.13. The predicted octanol–water partition coefficient (Wildman–Crippen LogP) is 4.88. The topological polar surface area (TPSA) is 81.4 Å². The first-order chi connectivity index (χ1) is 12.8. The van der Waals surface area contributed by atoms with Crippen LogP contribution in [0.5, 0.6) is 0 Å². The number of anilines is 1. The lowest BCUT2D eigenvalue weighted by atomic mass is 10.1. The molecule has 3 aromatic rings. The molecule has 3 rings (SSSR count). The number of fused-ring (bicyclic) bond motifs is 1. The molecule has 1 N–H and O–H groups in total. The van der Waals surface area contributed by atoms with Gasteiger partial charge in [0.05, 0.1) is 12.3 Å². The fourth-order valence-electron chi connectivity index (χ4n) is 2.65. The maximum atomic E-state index is 12.6. The van der Waals surface area contributed by atoms with Crippen LogP contribution in [-0.4, -0.2) is 23.5 Å². The summed E-state index contributed by atoms with van der Waals surface area (Å²) in [6.45, 7) is 9.83. The van der Waals surface area contributed by atoms with E-state index in [1.807, 2.05) is 45.9 Å². The fourth-order valence-corrected chi connectivity index (χ4v) is 3.51. The summed E-state index contributed by atoms with van der Waals surface area (Å²) in [5, 5.41) is 3.97. The Morgan fingerprint density at radius 2 is 2.00 bits per heavy atom. The van der Waals surface area contributed by atoms with Crippen LogP contribution in [0.25, 0.3) is 11.0 Å². The van der Waals surface area contributed by atoms with Crippen LogP contribution < -0.4 is 5.32 Å². The van der Waals surface area contributed by atoms with E-state index in [4.69, 9.17) is 9.15 Å². The molecule has 0 unspecified atom stereocenters. The van der Waals surface area contributed by atoms with Crippen molar-refractivity contribution in [2.45, 2.75) is 34.6 Å². The first-order valence-corrected chi connectivity index (χ1v) is 9.53. The summed E-state index contributed by atoms with van der Waals surface area (Å²) in [5.74, 6) is -0.319. The van der Waals surface area contributed by atoms with Gasteiger partial charge in [0.15, 0.2) is 10.9 Å². The molecule has 27 heavy (non-hydrogen) atoms. The summed E-state index contributed by atoms with van der Waals surface area (Å²) in [4.78, 5) is 29.5. The largest absolute Gasteiger partial charge is 0.461 e. The minimum absolute atomic E-state index is 0.243. The summed E-state index contributed by atoms with van der Waals surface area (Å²) in [6.07, 6.45) is 0. The Labute approximate surface area is 161 Å². The van der Waals surface area contributed by atoms with Crippen molar-refractivity contribution in [2.24, 2.45) is 5.92 Å². The molecule has 0 bridgehead atoms. The minimum atomic E-state index is -0.422. The molecule has 0 spiro atoms. The molecule has 0 fully saturated rings. The zero-order valence-corrected chi connectivity index (χ0v) is 16.8. The molecule has 142 valence electrons. The number of thiazole rings is 1. The summed E-state index contributed by atoms with van der Waals surface area (Å²) < 4.78 is 11.0.